The van der Waals surface area contributed by atoms with Crippen molar-refractivity contribution in [1.29, 1.82) is 0 Å². The fourth-order valence-electron chi connectivity index (χ4n) is 2.64. The highest BCUT2D eigenvalue weighted by molar-refractivity contribution is 9.09. The maximum atomic E-state index is 12.3. The molecule has 92 valence electrons. The van der Waals surface area contributed by atoms with Crippen molar-refractivity contribution in [2.45, 2.75) is 25.7 Å². The van der Waals surface area contributed by atoms with Crippen LogP contribution in [0.4, 0.5) is 0 Å². The van der Waals surface area contributed by atoms with Crippen molar-refractivity contribution in [3.8, 4) is 0 Å². The van der Waals surface area contributed by atoms with Crippen LogP contribution in [-0.4, -0.2) is 40.7 Å². The predicted molar refractivity (Wildman–Crippen MR) is 73.1 cm³/mol. The summed E-state index contributed by atoms with van der Waals surface area (Å²) in [7, 11) is 0. The Morgan fingerprint density at radius 1 is 1.44 bits per heavy atom. The smallest absolute Gasteiger partial charge is 0.226 e. The van der Waals surface area contributed by atoms with Crippen molar-refractivity contribution in [1.82, 2.24) is 4.90 Å². The van der Waals surface area contributed by atoms with E-state index in [1.54, 1.807) is 0 Å². The summed E-state index contributed by atoms with van der Waals surface area (Å²) in [6.07, 6.45) is 4.81. The van der Waals surface area contributed by atoms with Gasteiger partial charge in [0.05, 0.1) is 0 Å². The van der Waals surface area contributed by atoms with Gasteiger partial charge in [0.15, 0.2) is 0 Å². The normalized spacial score (nSPS) is 30.7. The highest BCUT2D eigenvalue weighted by Crippen LogP contribution is 2.28. The van der Waals surface area contributed by atoms with Gasteiger partial charge in [0.25, 0.3) is 0 Å². The maximum absolute atomic E-state index is 12.3. The molecule has 0 aliphatic carbocycles. The van der Waals surface area contributed by atoms with Gasteiger partial charge in [0.1, 0.15) is 0 Å². The van der Waals surface area contributed by atoms with E-state index >= 15 is 0 Å². The van der Waals surface area contributed by atoms with Crippen LogP contribution in [0.2, 0.25) is 0 Å². The van der Waals surface area contributed by atoms with Crippen LogP contribution in [0.1, 0.15) is 25.7 Å². The Kier molecular flexibility index (Phi) is 5.01. The van der Waals surface area contributed by atoms with Crippen molar-refractivity contribution in [2.75, 3.05) is 29.9 Å². The van der Waals surface area contributed by atoms with Gasteiger partial charge in [-0.3, -0.25) is 4.79 Å². The van der Waals surface area contributed by atoms with Gasteiger partial charge in [0.2, 0.25) is 5.91 Å². The van der Waals surface area contributed by atoms with Gasteiger partial charge in [0, 0.05) is 30.1 Å². The third-order valence-corrected chi connectivity index (χ3v) is 5.25. The maximum Gasteiger partial charge on any atom is 0.226 e. The molecule has 1 amide bonds. The monoisotopic (exact) mass is 305 g/mol. The molecule has 0 aromatic carbocycles. The molecule has 2 saturated heterocycles. The number of halogens is 1. The summed E-state index contributed by atoms with van der Waals surface area (Å²) in [5.41, 5.74) is 0. The molecule has 2 rings (SSSR count). The minimum absolute atomic E-state index is 0.327. The van der Waals surface area contributed by atoms with E-state index < -0.39 is 0 Å². The van der Waals surface area contributed by atoms with E-state index in [2.05, 4.69) is 20.8 Å². The topological polar surface area (TPSA) is 20.3 Å². The summed E-state index contributed by atoms with van der Waals surface area (Å²) < 4.78 is 0. The number of carbonyl (C=O) groups is 1. The molecule has 2 heterocycles. The molecule has 16 heavy (non-hydrogen) atoms. The number of hydrogen-bond donors (Lipinski definition) is 0. The standard InChI is InChI=1S/C12H20BrNOS/c13-5-3-10-2-1-6-14(8-10)12(15)11-4-7-16-9-11/h10-11H,1-9H2. The summed E-state index contributed by atoms with van der Waals surface area (Å²) in [4.78, 5) is 14.4. The third-order valence-electron chi connectivity index (χ3n) is 3.63. The first-order chi connectivity index (χ1) is 7.81. The van der Waals surface area contributed by atoms with Gasteiger partial charge in [-0.15, -0.1) is 0 Å². The van der Waals surface area contributed by atoms with Crippen molar-refractivity contribution >= 4 is 33.6 Å². The minimum atomic E-state index is 0.327. The zero-order chi connectivity index (χ0) is 11.4. The number of hydrogen-bond acceptors (Lipinski definition) is 2. The van der Waals surface area contributed by atoms with E-state index in [1.807, 2.05) is 11.8 Å². The molecule has 4 heteroatoms. The predicted octanol–water partition coefficient (Wildman–Crippen LogP) is 2.76. The molecule has 2 unspecified atom stereocenters. The SMILES string of the molecule is O=C(C1CCSC1)N1CCCC(CCBr)C1. The third kappa shape index (κ3) is 3.16. The Hall–Kier alpha value is 0.300. The summed E-state index contributed by atoms with van der Waals surface area (Å²) in [6, 6.07) is 0. The number of amides is 1. The zero-order valence-corrected chi connectivity index (χ0v) is 12.1. The van der Waals surface area contributed by atoms with Crippen LogP contribution in [0, 0.1) is 11.8 Å². The molecule has 0 bridgehead atoms. The van der Waals surface area contributed by atoms with Gasteiger partial charge in [-0.2, -0.15) is 11.8 Å². The van der Waals surface area contributed by atoms with E-state index in [1.165, 1.54) is 25.0 Å². The number of carbonyl (C=O) groups excluding carboxylic acids is 1. The molecule has 0 aromatic heterocycles. The highest BCUT2D eigenvalue weighted by atomic mass is 79.9. The molecule has 0 N–H and O–H groups in total. The zero-order valence-electron chi connectivity index (χ0n) is 9.66. The number of piperidine rings is 1. The molecular weight excluding hydrogens is 286 g/mol. The first-order valence-corrected chi connectivity index (χ1v) is 8.51. The Morgan fingerprint density at radius 2 is 2.31 bits per heavy atom. The minimum Gasteiger partial charge on any atom is -0.342 e. The Bertz CT molecular complexity index is 241. The van der Waals surface area contributed by atoms with Crippen molar-refractivity contribution in [3.05, 3.63) is 0 Å². The summed E-state index contributed by atoms with van der Waals surface area (Å²) in [6.45, 7) is 2.00. The van der Waals surface area contributed by atoms with Crippen molar-refractivity contribution in [2.24, 2.45) is 11.8 Å². The van der Waals surface area contributed by atoms with Crippen LogP contribution >= 0.6 is 27.7 Å². The lowest BCUT2D eigenvalue weighted by Crippen LogP contribution is -2.43. The van der Waals surface area contributed by atoms with Crippen LogP contribution < -0.4 is 0 Å². The Balaban J connectivity index is 1.85. The Morgan fingerprint density at radius 3 is 3.00 bits per heavy atom. The fourth-order valence-corrected chi connectivity index (χ4v) is 4.50. The van der Waals surface area contributed by atoms with Gasteiger partial charge in [-0.1, -0.05) is 15.9 Å². The molecule has 2 atom stereocenters. The number of alkyl halides is 1. The van der Waals surface area contributed by atoms with Gasteiger partial charge < -0.3 is 4.90 Å². The number of likely N-dealkylation sites (tertiary alicyclic amines) is 1. The van der Waals surface area contributed by atoms with Crippen molar-refractivity contribution < 1.29 is 4.79 Å². The molecule has 2 nitrogen and oxygen atoms in total. The first-order valence-electron chi connectivity index (χ1n) is 6.23. The number of rotatable bonds is 3. The summed E-state index contributed by atoms with van der Waals surface area (Å²) in [5, 5.41) is 1.07. The van der Waals surface area contributed by atoms with Crippen LogP contribution in [-0.2, 0) is 4.79 Å². The van der Waals surface area contributed by atoms with Gasteiger partial charge in [-0.25, -0.2) is 0 Å². The lowest BCUT2D eigenvalue weighted by atomic mass is 9.94. The largest absolute Gasteiger partial charge is 0.342 e. The Labute approximate surface area is 111 Å². The second kappa shape index (κ2) is 6.29. The van der Waals surface area contributed by atoms with E-state index in [9.17, 15) is 4.79 Å². The van der Waals surface area contributed by atoms with E-state index in [4.69, 9.17) is 0 Å². The van der Waals surface area contributed by atoms with Crippen molar-refractivity contribution in [3.63, 3.8) is 0 Å². The summed E-state index contributed by atoms with van der Waals surface area (Å²) in [5.74, 6) is 3.72. The fraction of sp³-hybridized carbons (Fsp3) is 0.917. The van der Waals surface area contributed by atoms with Crippen LogP contribution in [0.3, 0.4) is 0 Å². The van der Waals surface area contributed by atoms with E-state index in [0.29, 0.717) is 11.8 Å². The van der Waals surface area contributed by atoms with Crippen LogP contribution in [0.15, 0.2) is 0 Å². The molecule has 0 spiro atoms. The van der Waals surface area contributed by atoms with Gasteiger partial charge >= 0.3 is 0 Å². The van der Waals surface area contributed by atoms with E-state index in [-0.39, 0.29) is 0 Å². The van der Waals surface area contributed by atoms with Crippen LogP contribution in [0.5, 0.6) is 0 Å². The quantitative estimate of drug-likeness (QED) is 0.747. The lowest BCUT2D eigenvalue weighted by Gasteiger charge is -2.34. The van der Waals surface area contributed by atoms with Gasteiger partial charge in [-0.05, 0) is 37.4 Å². The molecule has 0 radical (unpaired) electrons. The second-order valence-electron chi connectivity index (χ2n) is 4.83. The molecule has 0 aromatic rings. The second-order valence-corrected chi connectivity index (χ2v) is 6.77. The highest BCUT2D eigenvalue weighted by Gasteiger charge is 2.30. The number of thioether (sulfide) groups is 1. The van der Waals surface area contributed by atoms with Crippen LogP contribution in [0.25, 0.3) is 0 Å². The van der Waals surface area contributed by atoms with E-state index in [0.717, 1.165) is 36.5 Å². The molecule has 2 fully saturated rings. The average molecular weight is 306 g/mol. The molecule has 2 aliphatic rings. The molecule has 0 saturated carbocycles. The first kappa shape index (κ1) is 12.7. The number of nitrogens with zero attached hydrogens (tertiary/aromatic N) is 1. The summed E-state index contributed by atoms with van der Waals surface area (Å²) >= 11 is 5.43. The molecule has 2 aliphatic heterocycles. The lowest BCUT2D eigenvalue weighted by molar-refractivity contribution is -0.136. The molecular formula is C12H20BrNOS. The average Bonchev–Trinajstić information content (AvgIpc) is 2.82.